The molecule has 1 aliphatic heterocycles. The molecule has 2 aromatic carbocycles. The summed E-state index contributed by atoms with van der Waals surface area (Å²) in [6, 6.07) is 18.4. The van der Waals surface area contributed by atoms with Gasteiger partial charge in [0.2, 0.25) is 0 Å². The van der Waals surface area contributed by atoms with Gasteiger partial charge in [-0.3, -0.25) is 4.79 Å². The molecule has 4 rings (SSSR count). The Morgan fingerprint density at radius 2 is 1.96 bits per heavy atom. The van der Waals surface area contributed by atoms with Crippen molar-refractivity contribution in [1.82, 2.24) is 5.32 Å². The molecule has 3 aromatic rings. The van der Waals surface area contributed by atoms with E-state index < -0.39 is 0 Å². The van der Waals surface area contributed by atoms with Gasteiger partial charge in [-0.1, -0.05) is 30.3 Å². The van der Waals surface area contributed by atoms with E-state index >= 15 is 0 Å². The number of rotatable bonds is 6. The number of nitrogens with one attached hydrogen (secondary N) is 1. The van der Waals surface area contributed by atoms with Crippen molar-refractivity contribution in [2.75, 3.05) is 17.2 Å². The van der Waals surface area contributed by atoms with E-state index in [0.29, 0.717) is 24.9 Å². The summed E-state index contributed by atoms with van der Waals surface area (Å²) in [5, 5.41) is 2.96. The fourth-order valence-electron chi connectivity index (χ4n) is 3.80. The van der Waals surface area contributed by atoms with Crippen LogP contribution in [0.4, 0.5) is 11.4 Å². The standard InChI is InChI=1S/C23H25N3O2/c1-16-14-18-4-2-3-5-21(18)26(16)15-19-11-13-28-22(19)23(27)25-12-10-17-6-8-20(24)9-7-17/h2-9,11,13,16H,10,12,14-15,24H2,1H3,(H,25,27). The zero-order valence-electron chi connectivity index (χ0n) is 16.0. The summed E-state index contributed by atoms with van der Waals surface area (Å²) in [5.74, 6) is 0.226. The summed E-state index contributed by atoms with van der Waals surface area (Å²) in [6.07, 6.45) is 3.37. The van der Waals surface area contributed by atoms with Gasteiger partial charge in [0.15, 0.2) is 5.76 Å². The highest BCUT2D eigenvalue weighted by Gasteiger charge is 2.27. The molecule has 5 nitrogen and oxygen atoms in total. The number of anilines is 2. The Kier molecular flexibility index (Phi) is 5.06. The van der Waals surface area contributed by atoms with Crippen molar-refractivity contribution in [1.29, 1.82) is 0 Å². The van der Waals surface area contributed by atoms with Crippen LogP contribution in [0.15, 0.2) is 65.3 Å². The van der Waals surface area contributed by atoms with Crippen molar-refractivity contribution in [3.8, 4) is 0 Å². The first-order valence-electron chi connectivity index (χ1n) is 9.65. The van der Waals surface area contributed by atoms with Crippen molar-refractivity contribution in [3.63, 3.8) is 0 Å². The van der Waals surface area contributed by atoms with Gasteiger partial charge < -0.3 is 20.4 Å². The van der Waals surface area contributed by atoms with Gasteiger partial charge in [-0.05, 0) is 55.2 Å². The SMILES string of the molecule is CC1Cc2ccccc2N1Cc1ccoc1C(=O)NCCc1ccc(N)cc1. The molecule has 144 valence electrons. The maximum atomic E-state index is 12.6. The van der Waals surface area contributed by atoms with Crippen molar-refractivity contribution >= 4 is 17.3 Å². The summed E-state index contributed by atoms with van der Waals surface area (Å²) >= 11 is 0. The first kappa shape index (κ1) is 18.2. The van der Waals surface area contributed by atoms with Crippen molar-refractivity contribution < 1.29 is 9.21 Å². The topological polar surface area (TPSA) is 71.5 Å². The Hall–Kier alpha value is -3.21. The zero-order chi connectivity index (χ0) is 19.5. The van der Waals surface area contributed by atoms with Crippen LogP contribution in [0.1, 0.15) is 34.2 Å². The Morgan fingerprint density at radius 1 is 1.18 bits per heavy atom. The van der Waals surface area contributed by atoms with Crippen LogP contribution < -0.4 is 16.0 Å². The number of nitrogen functional groups attached to an aromatic ring is 1. The number of nitrogens with zero attached hydrogens (tertiary/aromatic N) is 1. The van der Waals surface area contributed by atoms with E-state index in [1.807, 2.05) is 30.3 Å². The largest absolute Gasteiger partial charge is 0.459 e. The van der Waals surface area contributed by atoms with Crippen molar-refractivity contribution in [2.45, 2.75) is 32.4 Å². The summed E-state index contributed by atoms with van der Waals surface area (Å²) in [5.41, 5.74) is 11.1. The number of furan rings is 1. The third-order valence-corrected chi connectivity index (χ3v) is 5.32. The number of hydrogen-bond acceptors (Lipinski definition) is 4. The molecule has 1 amide bonds. The van der Waals surface area contributed by atoms with E-state index in [-0.39, 0.29) is 5.91 Å². The predicted molar refractivity (Wildman–Crippen MR) is 111 cm³/mol. The fraction of sp³-hybridized carbons (Fsp3) is 0.261. The monoisotopic (exact) mass is 375 g/mol. The van der Waals surface area contributed by atoms with Gasteiger partial charge in [0.1, 0.15) is 0 Å². The quantitative estimate of drug-likeness (QED) is 0.643. The molecule has 1 aromatic heterocycles. The molecule has 2 heterocycles. The average Bonchev–Trinajstić information content (AvgIpc) is 3.28. The zero-order valence-corrected chi connectivity index (χ0v) is 16.0. The second kappa shape index (κ2) is 7.80. The van der Waals surface area contributed by atoms with E-state index in [4.69, 9.17) is 10.2 Å². The van der Waals surface area contributed by atoms with Gasteiger partial charge in [0, 0.05) is 36.1 Å². The minimum Gasteiger partial charge on any atom is -0.459 e. The van der Waals surface area contributed by atoms with Crippen LogP contribution in [0.2, 0.25) is 0 Å². The summed E-state index contributed by atoms with van der Waals surface area (Å²) in [6.45, 7) is 3.42. The van der Waals surface area contributed by atoms with E-state index in [2.05, 4.69) is 41.4 Å². The molecule has 0 saturated carbocycles. The predicted octanol–water partition coefficient (Wildman–Crippen LogP) is 3.79. The fourth-order valence-corrected chi connectivity index (χ4v) is 3.80. The molecule has 5 heteroatoms. The lowest BCUT2D eigenvalue weighted by Crippen LogP contribution is -2.31. The molecular formula is C23H25N3O2. The summed E-state index contributed by atoms with van der Waals surface area (Å²) in [4.78, 5) is 15.0. The maximum Gasteiger partial charge on any atom is 0.287 e. The van der Waals surface area contributed by atoms with Crippen molar-refractivity contribution in [3.05, 3.63) is 83.3 Å². The number of hydrogen-bond donors (Lipinski definition) is 2. The molecule has 28 heavy (non-hydrogen) atoms. The molecular weight excluding hydrogens is 350 g/mol. The van der Waals surface area contributed by atoms with Crippen LogP contribution in [0.3, 0.4) is 0 Å². The molecule has 3 N–H and O–H groups in total. The van der Waals surface area contributed by atoms with Crippen LogP contribution >= 0.6 is 0 Å². The van der Waals surface area contributed by atoms with E-state index in [0.717, 1.165) is 29.7 Å². The van der Waals surface area contributed by atoms with Crippen LogP contribution in [-0.4, -0.2) is 18.5 Å². The lowest BCUT2D eigenvalue weighted by Gasteiger charge is -2.24. The van der Waals surface area contributed by atoms with Crippen LogP contribution in [0.25, 0.3) is 0 Å². The van der Waals surface area contributed by atoms with E-state index in [9.17, 15) is 4.79 Å². The molecule has 1 aliphatic rings. The first-order valence-corrected chi connectivity index (χ1v) is 9.65. The molecule has 1 atom stereocenters. The molecule has 1 unspecified atom stereocenters. The van der Waals surface area contributed by atoms with Gasteiger partial charge in [-0.15, -0.1) is 0 Å². The van der Waals surface area contributed by atoms with Crippen molar-refractivity contribution in [2.24, 2.45) is 0 Å². The Labute approximate surface area is 165 Å². The third-order valence-electron chi connectivity index (χ3n) is 5.32. The Balaban J connectivity index is 1.40. The Morgan fingerprint density at radius 3 is 2.79 bits per heavy atom. The van der Waals surface area contributed by atoms with Gasteiger partial charge >= 0.3 is 0 Å². The van der Waals surface area contributed by atoms with Gasteiger partial charge in [0.05, 0.1) is 6.26 Å². The number of para-hydroxylation sites is 1. The average molecular weight is 375 g/mol. The van der Waals surface area contributed by atoms with Crippen LogP contribution in [0, 0.1) is 0 Å². The molecule has 0 bridgehead atoms. The Bertz CT molecular complexity index is 962. The van der Waals surface area contributed by atoms with Gasteiger partial charge in [-0.2, -0.15) is 0 Å². The number of fused-ring (bicyclic) bond motifs is 1. The molecule has 0 saturated heterocycles. The first-order chi connectivity index (χ1) is 13.6. The normalized spacial score (nSPS) is 15.5. The molecule has 0 fully saturated rings. The highest BCUT2D eigenvalue weighted by atomic mass is 16.3. The number of amides is 1. The van der Waals surface area contributed by atoms with Crippen LogP contribution in [0.5, 0.6) is 0 Å². The number of benzene rings is 2. The van der Waals surface area contributed by atoms with Gasteiger partial charge in [-0.25, -0.2) is 0 Å². The molecule has 0 spiro atoms. The minimum atomic E-state index is -0.171. The molecule has 0 radical (unpaired) electrons. The highest BCUT2D eigenvalue weighted by Crippen LogP contribution is 2.33. The second-order valence-electron chi connectivity index (χ2n) is 7.33. The van der Waals surface area contributed by atoms with E-state index in [1.165, 1.54) is 11.3 Å². The van der Waals surface area contributed by atoms with E-state index in [1.54, 1.807) is 6.26 Å². The second-order valence-corrected chi connectivity index (χ2v) is 7.33. The highest BCUT2D eigenvalue weighted by molar-refractivity contribution is 5.93. The lowest BCUT2D eigenvalue weighted by atomic mass is 10.1. The summed E-state index contributed by atoms with van der Waals surface area (Å²) in [7, 11) is 0. The summed E-state index contributed by atoms with van der Waals surface area (Å²) < 4.78 is 5.52. The molecule has 0 aliphatic carbocycles. The smallest absolute Gasteiger partial charge is 0.287 e. The third kappa shape index (κ3) is 3.74. The number of nitrogens with two attached hydrogens (primary N) is 1. The minimum absolute atomic E-state index is 0.171. The van der Waals surface area contributed by atoms with Crippen LogP contribution in [-0.2, 0) is 19.4 Å². The van der Waals surface area contributed by atoms with Gasteiger partial charge in [0.25, 0.3) is 5.91 Å². The lowest BCUT2D eigenvalue weighted by molar-refractivity contribution is 0.0925. The number of carbonyl (C=O) groups is 1. The number of carbonyl (C=O) groups excluding carboxylic acids is 1. The maximum absolute atomic E-state index is 12.6.